The molecule has 0 fully saturated rings. The lowest BCUT2D eigenvalue weighted by Crippen LogP contribution is -2.15. The molecule has 0 saturated heterocycles. The predicted octanol–water partition coefficient (Wildman–Crippen LogP) is 3.58. The van der Waals surface area contributed by atoms with Crippen LogP contribution < -0.4 is 0 Å². The monoisotopic (exact) mass is 274 g/mol. The number of nitrogens with zero attached hydrogens (tertiary/aromatic N) is 2. The van der Waals surface area contributed by atoms with E-state index in [-0.39, 0.29) is 7.92 Å². The number of fused-ring (bicyclic) bond motifs is 1. The Labute approximate surface area is 117 Å². The van der Waals surface area contributed by atoms with Crippen LogP contribution in [-0.2, 0) is 12.6 Å². The summed E-state index contributed by atoms with van der Waals surface area (Å²) in [7, 11) is 4.28. The van der Waals surface area contributed by atoms with Crippen molar-refractivity contribution in [2.75, 3.05) is 34.0 Å². The van der Waals surface area contributed by atoms with Crippen LogP contribution in [0.25, 0.3) is 10.9 Å². The lowest BCUT2D eigenvalue weighted by molar-refractivity contribution is 0.412. The Morgan fingerprint density at radius 2 is 1.89 bits per heavy atom. The van der Waals surface area contributed by atoms with Gasteiger partial charge in [-0.05, 0) is 45.2 Å². The summed E-state index contributed by atoms with van der Waals surface area (Å²) in [5.74, 6) is 0. The first-order valence-electron chi connectivity index (χ1n) is 6.73. The minimum atomic E-state index is 0.0740. The van der Waals surface area contributed by atoms with E-state index in [4.69, 9.17) is 4.98 Å². The minimum absolute atomic E-state index is 0.0740. The number of rotatable bonds is 5. The molecule has 0 bridgehead atoms. The van der Waals surface area contributed by atoms with Crippen molar-refractivity contribution in [3.05, 3.63) is 41.6 Å². The quantitative estimate of drug-likeness (QED) is 0.775. The molecule has 2 rings (SSSR count). The second kappa shape index (κ2) is 6.45. The Kier molecular flexibility index (Phi) is 4.90. The summed E-state index contributed by atoms with van der Waals surface area (Å²) >= 11 is 0. The minimum Gasteiger partial charge on any atom is -0.309 e. The van der Waals surface area contributed by atoms with Crippen molar-refractivity contribution in [2.24, 2.45) is 0 Å². The van der Waals surface area contributed by atoms with E-state index < -0.39 is 0 Å². The standard InChI is InChI=1S/C16H23N2P/c1-18(2)11-10-15-9-8-13-6-5-7-14(12-19(3)4)16(13)17-15/h5-9H,10-12H2,1-4H3. The number of hydrogen-bond acceptors (Lipinski definition) is 2. The molecule has 0 aliphatic carbocycles. The molecule has 0 radical (unpaired) electrons. The zero-order valence-corrected chi connectivity index (χ0v) is 13.2. The van der Waals surface area contributed by atoms with Gasteiger partial charge in [0.2, 0.25) is 0 Å². The number of aromatic nitrogens is 1. The van der Waals surface area contributed by atoms with E-state index in [1.54, 1.807) is 0 Å². The molecule has 0 N–H and O–H groups in total. The smallest absolute Gasteiger partial charge is 0.0740 e. The van der Waals surface area contributed by atoms with Gasteiger partial charge in [0.05, 0.1) is 5.52 Å². The molecule has 1 heterocycles. The van der Waals surface area contributed by atoms with Gasteiger partial charge < -0.3 is 4.90 Å². The van der Waals surface area contributed by atoms with E-state index in [1.165, 1.54) is 22.2 Å². The molecule has 102 valence electrons. The van der Waals surface area contributed by atoms with Crippen molar-refractivity contribution < 1.29 is 0 Å². The fourth-order valence-corrected chi connectivity index (χ4v) is 3.13. The molecule has 0 aliphatic heterocycles. The molecule has 1 aromatic heterocycles. The van der Waals surface area contributed by atoms with Crippen molar-refractivity contribution >= 4 is 18.8 Å². The molecule has 0 amide bonds. The first-order chi connectivity index (χ1) is 9.06. The van der Waals surface area contributed by atoms with Crippen LogP contribution in [0.15, 0.2) is 30.3 Å². The fourth-order valence-electron chi connectivity index (χ4n) is 2.19. The van der Waals surface area contributed by atoms with Crippen LogP contribution >= 0.6 is 7.92 Å². The topological polar surface area (TPSA) is 16.1 Å². The third-order valence-corrected chi connectivity index (χ3v) is 4.14. The van der Waals surface area contributed by atoms with Gasteiger partial charge in [-0.25, -0.2) is 0 Å². The third kappa shape index (κ3) is 3.99. The van der Waals surface area contributed by atoms with Gasteiger partial charge in [-0.3, -0.25) is 4.98 Å². The SMILES string of the molecule is CN(C)CCc1ccc2cccc(CP(C)C)c2n1. The van der Waals surface area contributed by atoms with E-state index in [0.29, 0.717) is 0 Å². The van der Waals surface area contributed by atoms with Crippen molar-refractivity contribution in [3.8, 4) is 0 Å². The second-order valence-electron chi connectivity index (χ2n) is 5.58. The van der Waals surface area contributed by atoms with Crippen molar-refractivity contribution in [3.63, 3.8) is 0 Å². The molecule has 2 nitrogen and oxygen atoms in total. The zero-order valence-electron chi connectivity index (χ0n) is 12.3. The molecule has 1 aromatic carbocycles. The van der Waals surface area contributed by atoms with E-state index in [2.05, 4.69) is 62.7 Å². The lowest BCUT2D eigenvalue weighted by Gasteiger charge is -2.12. The fraction of sp³-hybridized carbons (Fsp3) is 0.438. The van der Waals surface area contributed by atoms with Crippen LogP contribution in [0.1, 0.15) is 11.3 Å². The Hall–Kier alpha value is -0.980. The number of hydrogen-bond donors (Lipinski definition) is 0. The summed E-state index contributed by atoms with van der Waals surface area (Å²) in [5.41, 5.74) is 3.81. The molecule has 0 unspecified atom stereocenters. The average Bonchev–Trinajstić information content (AvgIpc) is 2.36. The molecule has 0 saturated carbocycles. The van der Waals surface area contributed by atoms with E-state index in [1.807, 2.05) is 0 Å². The Morgan fingerprint density at radius 1 is 1.11 bits per heavy atom. The van der Waals surface area contributed by atoms with E-state index in [0.717, 1.165) is 19.1 Å². The Balaban J connectivity index is 2.33. The lowest BCUT2D eigenvalue weighted by atomic mass is 10.1. The van der Waals surface area contributed by atoms with Gasteiger partial charge in [0.25, 0.3) is 0 Å². The Bertz CT molecular complexity index is 549. The Morgan fingerprint density at radius 3 is 2.58 bits per heavy atom. The highest BCUT2D eigenvalue weighted by atomic mass is 31.1. The van der Waals surface area contributed by atoms with Crippen molar-refractivity contribution in [1.29, 1.82) is 0 Å². The van der Waals surface area contributed by atoms with Crippen LogP contribution in [0.4, 0.5) is 0 Å². The first-order valence-corrected chi connectivity index (χ1v) is 9.15. The molecule has 3 heteroatoms. The van der Waals surface area contributed by atoms with Gasteiger partial charge in [-0.2, -0.15) is 0 Å². The number of para-hydroxylation sites is 1. The van der Waals surface area contributed by atoms with Gasteiger partial charge in [-0.15, -0.1) is 7.92 Å². The highest BCUT2D eigenvalue weighted by molar-refractivity contribution is 7.55. The highest BCUT2D eigenvalue weighted by Gasteiger charge is 2.06. The van der Waals surface area contributed by atoms with Gasteiger partial charge in [0, 0.05) is 24.0 Å². The van der Waals surface area contributed by atoms with Gasteiger partial charge in [0.1, 0.15) is 0 Å². The van der Waals surface area contributed by atoms with Crippen molar-refractivity contribution in [1.82, 2.24) is 9.88 Å². The van der Waals surface area contributed by atoms with Gasteiger partial charge in [0.15, 0.2) is 0 Å². The molecule has 0 spiro atoms. The summed E-state index contributed by atoms with van der Waals surface area (Å²) < 4.78 is 0. The molecule has 19 heavy (non-hydrogen) atoms. The molecular formula is C16H23N2P. The second-order valence-corrected chi connectivity index (χ2v) is 8.06. The number of likely N-dealkylation sites (N-methyl/N-ethyl adjacent to an activating group) is 1. The maximum absolute atomic E-state index is 4.88. The van der Waals surface area contributed by atoms with Gasteiger partial charge >= 0.3 is 0 Å². The first kappa shape index (κ1) is 14.4. The summed E-state index contributed by atoms with van der Waals surface area (Å²) in [6.07, 6.45) is 2.18. The summed E-state index contributed by atoms with van der Waals surface area (Å²) in [6.45, 7) is 5.70. The molecule has 0 atom stereocenters. The molecular weight excluding hydrogens is 251 g/mol. The van der Waals surface area contributed by atoms with Crippen LogP contribution in [0.5, 0.6) is 0 Å². The number of benzene rings is 1. The van der Waals surface area contributed by atoms with Crippen molar-refractivity contribution in [2.45, 2.75) is 12.6 Å². The maximum atomic E-state index is 4.88. The zero-order chi connectivity index (χ0) is 13.8. The van der Waals surface area contributed by atoms with E-state index >= 15 is 0 Å². The summed E-state index contributed by atoms with van der Waals surface area (Å²) in [5, 5.41) is 1.27. The largest absolute Gasteiger partial charge is 0.309 e. The number of pyridine rings is 1. The summed E-state index contributed by atoms with van der Waals surface area (Å²) in [4.78, 5) is 7.09. The molecule has 0 aliphatic rings. The maximum Gasteiger partial charge on any atom is 0.0740 e. The van der Waals surface area contributed by atoms with Crippen LogP contribution in [0, 0.1) is 0 Å². The molecule has 2 aromatic rings. The normalized spacial score (nSPS) is 11.7. The van der Waals surface area contributed by atoms with Gasteiger partial charge in [-0.1, -0.05) is 24.3 Å². The third-order valence-electron chi connectivity index (χ3n) is 3.16. The predicted molar refractivity (Wildman–Crippen MR) is 86.5 cm³/mol. The highest BCUT2D eigenvalue weighted by Crippen LogP contribution is 2.32. The van der Waals surface area contributed by atoms with Crippen LogP contribution in [-0.4, -0.2) is 43.9 Å². The average molecular weight is 274 g/mol. The van der Waals surface area contributed by atoms with Crippen LogP contribution in [0.3, 0.4) is 0 Å². The van der Waals surface area contributed by atoms with Crippen LogP contribution in [0.2, 0.25) is 0 Å². The summed E-state index contributed by atoms with van der Waals surface area (Å²) in [6, 6.07) is 10.9. The van der Waals surface area contributed by atoms with E-state index in [9.17, 15) is 0 Å².